The van der Waals surface area contributed by atoms with Gasteiger partial charge in [-0.25, -0.2) is 4.39 Å². The zero-order valence-electron chi connectivity index (χ0n) is 19.7. The van der Waals surface area contributed by atoms with Crippen molar-refractivity contribution in [3.05, 3.63) is 71.0 Å². The van der Waals surface area contributed by atoms with Crippen LogP contribution in [-0.4, -0.2) is 71.7 Å². The van der Waals surface area contributed by atoms with Gasteiger partial charge in [0.2, 0.25) is 11.8 Å². The van der Waals surface area contributed by atoms with Gasteiger partial charge < -0.3 is 14.7 Å². The molecule has 7 heteroatoms. The second-order valence-electron chi connectivity index (χ2n) is 9.22. The molecule has 2 aliphatic heterocycles. The van der Waals surface area contributed by atoms with Crippen molar-refractivity contribution in [3.63, 3.8) is 0 Å². The van der Waals surface area contributed by atoms with E-state index >= 15 is 0 Å². The molecule has 2 aromatic carbocycles. The molecule has 0 radical (unpaired) electrons. The van der Waals surface area contributed by atoms with Gasteiger partial charge in [-0.2, -0.15) is 0 Å². The lowest BCUT2D eigenvalue weighted by molar-refractivity contribution is -0.141. The molecule has 2 heterocycles. The lowest BCUT2D eigenvalue weighted by atomic mass is 9.94. The second kappa shape index (κ2) is 10.8. The molecule has 0 aliphatic carbocycles. The van der Waals surface area contributed by atoms with Gasteiger partial charge in [0.1, 0.15) is 5.82 Å². The van der Waals surface area contributed by atoms with Crippen molar-refractivity contribution < 1.29 is 18.8 Å². The van der Waals surface area contributed by atoms with Crippen LogP contribution in [-0.2, 0) is 16.0 Å². The van der Waals surface area contributed by atoms with Crippen LogP contribution < -0.4 is 0 Å². The van der Waals surface area contributed by atoms with Crippen molar-refractivity contribution in [2.75, 3.05) is 39.3 Å². The van der Waals surface area contributed by atoms with E-state index in [2.05, 4.69) is 0 Å². The monoisotopic (exact) mass is 465 g/mol. The SMILES string of the molecule is Cc1ccc(C(=O)N2CCN(C(=O)C3CCN(C(=O)CCc4ccccc4)CC3)CC2)cc1F. The normalized spacial score (nSPS) is 17.1. The lowest BCUT2D eigenvalue weighted by Crippen LogP contribution is -2.53. The Labute approximate surface area is 200 Å². The predicted octanol–water partition coefficient (Wildman–Crippen LogP) is 3.29. The number of hydrogen-bond acceptors (Lipinski definition) is 3. The summed E-state index contributed by atoms with van der Waals surface area (Å²) < 4.78 is 13.8. The molecule has 0 N–H and O–H groups in total. The summed E-state index contributed by atoms with van der Waals surface area (Å²) in [7, 11) is 0. The lowest BCUT2D eigenvalue weighted by Gasteiger charge is -2.38. The topological polar surface area (TPSA) is 60.9 Å². The fourth-order valence-corrected chi connectivity index (χ4v) is 4.73. The molecule has 2 aliphatic rings. The molecular weight excluding hydrogens is 433 g/mol. The van der Waals surface area contributed by atoms with E-state index in [0.717, 1.165) is 12.0 Å². The summed E-state index contributed by atoms with van der Waals surface area (Å²) in [6, 6.07) is 14.5. The zero-order valence-corrected chi connectivity index (χ0v) is 19.7. The van der Waals surface area contributed by atoms with E-state index in [1.54, 1.807) is 24.0 Å². The third-order valence-electron chi connectivity index (χ3n) is 6.96. The summed E-state index contributed by atoms with van der Waals surface area (Å²) in [4.78, 5) is 43.7. The summed E-state index contributed by atoms with van der Waals surface area (Å²) in [5, 5.41) is 0. The first-order valence-corrected chi connectivity index (χ1v) is 12.1. The van der Waals surface area contributed by atoms with E-state index in [4.69, 9.17) is 0 Å². The van der Waals surface area contributed by atoms with Crippen LogP contribution in [0.3, 0.4) is 0 Å². The third kappa shape index (κ3) is 5.64. The van der Waals surface area contributed by atoms with Crippen molar-refractivity contribution >= 4 is 17.7 Å². The van der Waals surface area contributed by atoms with Crippen LogP contribution in [0.5, 0.6) is 0 Å². The number of benzene rings is 2. The predicted molar refractivity (Wildman–Crippen MR) is 128 cm³/mol. The van der Waals surface area contributed by atoms with Gasteiger partial charge in [-0.1, -0.05) is 36.4 Å². The fourth-order valence-electron chi connectivity index (χ4n) is 4.73. The van der Waals surface area contributed by atoms with E-state index in [0.29, 0.717) is 69.7 Å². The van der Waals surface area contributed by atoms with Gasteiger partial charge >= 0.3 is 0 Å². The molecule has 0 unspecified atom stereocenters. The van der Waals surface area contributed by atoms with Gasteiger partial charge in [-0.05, 0) is 49.4 Å². The van der Waals surface area contributed by atoms with Crippen molar-refractivity contribution in [1.29, 1.82) is 0 Å². The van der Waals surface area contributed by atoms with Crippen molar-refractivity contribution in [2.45, 2.75) is 32.6 Å². The molecule has 0 aromatic heterocycles. The first kappa shape index (κ1) is 23.9. The Balaban J connectivity index is 1.21. The van der Waals surface area contributed by atoms with E-state index in [9.17, 15) is 18.8 Å². The molecule has 2 fully saturated rings. The highest BCUT2D eigenvalue weighted by Gasteiger charge is 2.32. The number of carbonyl (C=O) groups is 3. The molecule has 4 rings (SSSR count). The Morgan fingerprint density at radius 2 is 1.50 bits per heavy atom. The van der Waals surface area contributed by atoms with Crippen LogP contribution in [0.25, 0.3) is 0 Å². The van der Waals surface area contributed by atoms with Crippen molar-refractivity contribution in [1.82, 2.24) is 14.7 Å². The van der Waals surface area contributed by atoms with E-state index in [1.165, 1.54) is 6.07 Å². The fraction of sp³-hybridized carbons (Fsp3) is 0.444. The minimum atomic E-state index is -0.385. The zero-order chi connectivity index (χ0) is 24.1. The average molecular weight is 466 g/mol. The molecule has 2 saturated heterocycles. The number of halogens is 1. The summed E-state index contributed by atoms with van der Waals surface area (Å²) >= 11 is 0. The molecule has 180 valence electrons. The molecule has 2 aromatic rings. The summed E-state index contributed by atoms with van der Waals surface area (Å²) in [5.74, 6) is -0.399. The molecule has 0 saturated carbocycles. The van der Waals surface area contributed by atoms with Gasteiger partial charge in [-0.15, -0.1) is 0 Å². The molecular formula is C27H32FN3O3. The van der Waals surface area contributed by atoms with Crippen LogP contribution in [0, 0.1) is 18.7 Å². The Morgan fingerprint density at radius 1 is 0.853 bits per heavy atom. The first-order chi connectivity index (χ1) is 16.4. The summed E-state index contributed by atoms with van der Waals surface area (Å²) in [6.07, 6.45) is 2.58. The van der Waals surface area contributed by atoms with Gasteiger partial charge in [0.05, 0.1) is 0 Å². The Hall–Kier alpha value is -3.22. The maximum atomic E-state index is 13.8. The number of nitrogens with zero attached hydrogens (tertiary/aromatic N) is 3. The van der Waals surface area contributed by atoms with Gasteiger partial charge in [0.15, 0.2) is 0 Å². The maximum absolute atomic E-state index is 13.8. The Kier molecular flexibility index (Phi) is 7.60. The van der Waals surface area contributed by atoms with Gasteiger partial charge in [-0.3, -0.25) is 14.4 Å². The van der Waals surface area contributed by atoms with Gasteiger partial charge in [0, 0.05) is 57.2 Å². The van der Waals surface area contributed by atoms with E-state index in [1.807, 2.05) is 40.1 Å². The largest absolute Gasteiger partial charge is 0.343 e. The highest BCUT2D eigenvalue weighted by atomic mass is 19.1. The van der Waals surface area contributed by atoms with Crippen LogP contribution in [0.15, 0.2) is 48.5 Å². The number of likely N-dealkylation sites (tertiary alicyclic amines) is 1. The smallest absolute Gasteiger partial charge is 0.254 e. The standard InChI is InChI=1S/C27H32FN3O3/c1-20-7-9-23(19-24(20)28)27(34)31-17-15-30(16-18-31)26(33)22-11-13-29(14-12-22)25(32)10-8-21-5-3-2-4-6-21/h2-7,9,19,22H,8,10-18H2,1H3. The van der Waals surface area contributed by atoms with Crippen LogP contribution in [0.1, 0.15) is 40.7 Å². The number of piperidine rings is 1. The first-order valence-electron chi connectivity index (χ1n) is 12.1. The third-order valence-corrected chi connectivity index (χ3v) is 6.96. The van der Waals surface area contributed by atoms with Crippen LogP contribution >= 0.6 is 0 Å². The van der Waals surface area contributed by atoms with Crippen LogP contribution in [0.4, 0.5) is 4.39 Å². The minimum Gasteiger partial charge on any atom is -0.343 e. The molecule has 34 heavy (non-hydrogen) atoms. The number of aryl methyl sites for hydroxylation is 2. The van der Waals surface area contributed by atoms with Crippen LogP contribution in [0.2, 0.25) is 0 Å². The quantitative estimate of drug-likeness (QED) is 0.681. The molecule has 3 amide bonds. The van der Waals surface area contributed by atoms with Crippen molar-refractivity contribution in [3.8, 4) is 0 Å². The summed E-state index contributed by atoms with van der Waals surface area (Å²) in [6.45, 7) is 4.74. The van der Waals surface area contributed by atoms with E-state index in [-0.39, 0.29) is 29.5 Å². The Morgan fingerprint density at radius 3 is 2.15 bits per heavy atom. The number of hydrogen-bond donors (Lipinski definition) is 0. The highest BCUT2D eigenvalue weighted by molar-refractivity contribution is 5.94. The van der Waals surface area contributed by atoms with Gasteiger partial charge in [0.25, 0.3) is 5.91 Å². The Bertz CT molecular complexity index is 1030. The molecule has 0 atom stereocenters. The number of rotatable bonds is 5. The molecule has 6 nitrogen and oxygen atoms in total. The second-order valence-corrected chi connectivity index (χ2v) is 9.22. The number of piperazine rings is 1. The van der Waals surface area contributed by atoms with Crippen molar-refractivity contribution in [2.24, 2.45) is 5.92 Å². The maximum Gasteiger partial charge on any atom is 0.254 e. The number of amides is 3. The average Bonchev–Trinajstić information content (AvgIpc) is 2.89. The minimum absolute atomic E-state index is 0.0772. The molecule has 0 spiro atoms. The van der Waals surface area contributed by atoms with E-state index < -0.39 is 0 Å². The summed E-state index contributed by atoms with van der Waals surface area (Å²) in [5.41, 5.74) is 2.01. The molecule has 0 bridgehead atoms. The highest BCUT2D eigenvalue weighted by Crippen LogP contribution is 2.22. The number of carbonyl (C=O) groups excluding carboxylic acids is 3.